The van der Waals surface area contributed by atoms with Crippen molar-refractivity contribution in [2.75, 3.05) is 19.8 Å². The third-order valence-electron chi connectivity index (χ3n) is 4.28. The van der Waals surface area contributed by atoms with Crippen molar-refractivity contribution < 1.29 is 22.7 Å². The van der Waals surface area contributed by atoms with Gasteiger partial charge in [-0.15, -0.1) is 0 Å². The largest absolute Gasteiger partial charge is 0.461 e. The molecule has 1 aromatic carbocycles. The molecule has 0 amide bonds. The zero-order valence-corrected chi connectivity index (χ0v) is 17.0. The van der Waals surface area contributed by atoms with Crippen LogP contribution in [0.5, 0.6) is 0 Å². The van der Waals surface area contributed by atoms with Gasteiger partial charge in [-0.05, 0) is 24.8 Å². The Labute approximate surface area is 156 Å². The van der Waals surface area contributed by atoms with Gasteiger partial charge < -0.3 is 4.74 Å². The number of ether oxygens (including phenoxy) is 1. The molecule has 0 heterocycles. The molecule has 0 unspecified atom stereocenters. The first-order valence-corrected chi connectivity index (χ1v) is 10.5. The lowest BCUT2D eigenvalue weighted by Crippen LogP contribution is -2.41. The van der Waals surface area contributed by atoms with Gasteiger partial charge in [0.25, 0.3) is 0 Å². The lowest BCUT2D eigenvalue weighted by atomic mass is 9.82. The summed E-state index contributed by atoms with van der Waals surface area (Å²) in [6.45, 7) is 5.37. The molecule has 146 valence electrons. The van der Waals surface area contributed by atoms with E-state index < -0.39 is 27.8 Å². The van der Waals surface area contributed by atoms with E-state index in [2.05, 4.69) is 0 Å². The van der Waals surface area contributed by atoms with Crippen LogP contribution < -0.4 is 0 Å². The molecule has 2 atom stereocenters. The summed E-state index contributed by atoms with van der Waals surface area (Å²) in [6.07, 6.45) is 1.57. The van der Waals surface area contributed by atoms with Gasteiger partial charge in [0, 0.05) is 19.5 Å². The second kappa shape index (κ2) is 9.83. The van der Waals surface area contributed by atoms with E-state index in [-0.39, 0.29) is 24.9 Å². The predicted molar refractivity (Wildman–Crippen MR) is 101 cm³/mol. The average molecular weight is 384 g/mol. The summed E-state index contributed by atoms with van der Waals surface area (Å²) in [7, 11) is -2.07. The molecule has 0 saturated heterocycles. The van der Waals surface area contributed by atoms with E-state index in [0.29, 0.717) is 6.42 Å². The van der Waals surface area contributed by atoms with Gasteiger partial charge >= 0.3 is 5.97 Å². The van der Waals surface area contributed by atoms with E-state index >= 15 is 0 Å². The molecule has 0 radical (unpaired) electrons. The quantitative estimate of drug-likeness (QED) is 0.580. The molecule has 6 nitrogen and oxygen atoms in total. The fourth-order valence-corrected chi connectivity index (χ4v) is 3.17. The number of hydrogen-bond acceptors (Lipinski definition) is 5. The highest BCUT2D eigenvalue weighted by Gasteiger charge is 2.35. The number of carbonyl (C=O) groups is 2. The molecule has 0 aliphatic carbocycles. The normalized spacial score (nSPS) is 14.3. The van der Waals surface area contributed by atoms with Crippen molar-refractivity contribution in [2.24, 2.45) is 17.8 Å². The molecule has 1 rings (SSSR count). The predicted octanol–water partition coefficient (Wildman–Crippen LogP) is 2.49. The van der Waals surface area contributed by atoms with Gasteiger partial charge in [0.1, 0.15) is 12.4 Å². The first-order valence-electron chi connectivity index (χ1n) is 8.64. The third-order valence-corrected chi connectivity index (χ3v) is 5.56. The lowest BCUT2D eigenvalue weighted by Gasteiger charge is -2.28. The first kappa shape index (κ1) is 22.3. The first-order chi connectivity index (χ1) is 12.0. The van der Waals surface area contributed by atoms with Crippen LogP contribution >= 0.6 is 0 Å². The monoisotopic (exact) mass is 383 g/mol. The van der Waals surface area contributed by atoms with Crippen LogP contribution in [0.2, 0.25) is 0 Å². The highest BCUT2D eigenvalue weighted by atomic mass is 32.2. The van der Waals surface area contributed by atoms with Crippen molar-refractivity contribution >= 4 is 21.8 Å². The molecule has 0 N–H and O–H groups in total. The van der Waals surface area contributed by atoms with E-state index in [1.807, 2.05) is 44.2 Å². The summed E-state index contributed by atoms with van der Waals surface area (Å²) < 4.78 is 30.0. The molecule has 0 aliphatic rings. The van der Waals surface area contributed by atoms with Crippen LogP contribution in [0.4, 0.5) is 0 Å². The Kier molecular flexibility index (Phi) is 8.43. The molecule has 1 aromatic rings. The van der Waals surface area contributed by atoms with Crippen molar-refractivity contribution in [3.63, 3.8) is 0 Å². The van der Waals surface area contributed by atoms with E-state index in [1.165, 1.54) is 14.0 Å². The number of hydrogen-bond donors (Lipinski definition) is 0. The highest BCUT2D eigenvalue weighted by molar-refractivity contribution is 7.88. The van der Waals surface area contributed by atoms with Gasteiger partial charge in [-0.1, -0.05) is 44.2 Å². The molecule has 7 heteroatoms. The summed E-state index contributed by atoms with van der Waals surface area (Å²) in [4.78, 5) is 24.9. The standard InChI is InChI=1S/C19H29NO5S/c1-14(2)11-17(15(3)21)18(12-20(4)26(5,23)24)19(22)25-13-16-9-7-6-8-10-16/h6-10,14,17-18H,11-13H2,1-5H3/t17-,18-/m0/s1. The van der Waals surface area contributed by atoms with Crippen LogP contribution in [0.25, 0.3) is 0 Å². The van der Waals surface area contributed by atoms with Crippen LogP contribution in [-0.4, -0.2) is 44.3 Å². The van der Waals surface area contributed by atoms with Gasteiger partial charge in [0.2, 0.25) is 10.0 Å². The van der Waals surface area contributed by atoms with Crippen molar-refractivity contribution in [3.8, 4) is 0 Å². The molecule has 0 aliphatic heterocycles. The molecule has 0 fully saturated rings. The molecule has 0 saturated carbocycles. The summed E-state index contributed by atoms with van der Waals surface area (Å²) in [6, 6.07) is 9.22. The maximum atomic E-state index is 12.7. The van der Waals surface area contributed by atoms with E-state index in [1.54, 1.807) is 0 Å². The van der Waals surface area contributed by atoms with Crippen molar-refractivity contribution in [1.82, 2.24) is 4.31 Å². The zero-order valence-electron chi connectivity index (χ0n) is 16.1. The maximum Gasteiger partial charge on any atom is 0.311 e. The van der Waals surface area contributed by atoms with Crippen LogP contribution in [0.3, 0.4) is 0 Å². The topological polar surface area (TPSA) is 80.8 Å². The minimum absolute atomic E-state index is 0.0799. The Morgan fingerprint density at radius 3 is 2.15 bits per heavy atom. The van der Waals surface area contributed by atoms with E-state index in [0.717, 1.165) is 16.1 Å². The fraction of sp³-hybridized carbons (Fsp3) is 0.579. The minimum atomic E-state index is -3.47. The van der Waals surface area contributed by atoms with Crippen LogP contribution in [0.1, 0.15) is 32.8 Å². The molecule has 26 heavy (non-hydrogen) atoms. The minimum Gasteiger partial charge on any atom is -0.461 e. The van der Waals surface area contributed by atoms with E-state index in [9.17, 15) is 18.0 Å². The third kappa shape index (κ3) is 7.25. The number of carbonyl (C=O) groups excluding carboxylic acids is 2. The summed E-state index contributed by atoms with van der Waals surface area (Å²) in [5.41, 5.74) is 0.833. The number of sulfonamides is 1. The number of rotatable bonds is 10. The van der Waals surface area contributed by atoms with Gasteiger partial charge in [0.05, 0.1) is 12.2 Å². The van der Waals surface area contributed by atoms with E-state index in [4.69, 9.17) is 4.74 Å². The Morgan fingerprint density at radius 1 is 1.12 bits per heavy atom. The summed E-state index contributed by atoms with van der Waals surface area (Å²) in [5.74, 6) is -1.91. The zero-order chi connectivity index (χ0) is 19.9. The van der Waals surface area contributed by atoms with Crippen molar-refractivity contribution in [3.05, 3.63) is 35.9 Å². The average Bonchev–Trinajstić information content (AvgIpc) is 2.55. The SMILES string of the molecule is CC(=O)[C@H](CC(C)C)[C@H](CN(C)S(C)(=O)=O)C(=O)OCc1ccccc1. The Bertz CT molecular complexity index is 700. The highest BCUT2D eigenvalue weighted by Crippen LogP contribution is 2.25. The molecular weight excluding hydrogens is 354 g/mol. The molecule has 0 spiro atoms. The van der Waals surface area contributed by atoms with Crippen LogP contribution in [-0.2, 0) is 31.0 Å². The second-order valence-corrected chi connectivity index (χ2v) is 9.18. The lowest BCUT2D eigenvalue weighted by molar-refractivity contribution is -0.154. The Morgan fingerprint density at radius 2 is 1.69 bits per heavy atom. The smallest absolute Gasteiger partial charge is 0.311 e. The molecular formula is C19H29NO5S. The number of nitrogens with zero attached hydrogens (tertiary/aromatic N) is 1. The summed E-state index contributed by atoms with van der Waals surface area (Å²) in [5, 5.41) is 0. The number of benzene rings is 1. The summed E-state index contributed by atoms with van der Waals surface area (Å²) >= 11 is 0. The Balaban J connectivity index is 3.00. The molecule has 0 bridgehead atoms. The second-order valence-electron chi connectivity index (χ2n) is 7.09. The van der Waals surface area contributed by atoms with Gasteiger partial charge in [0.15, 0.2) is 0 Å². The van der Waals surface area contributed by atoms with Crippen molar-refractivity contribution in [1.29, 1.82) is 0 Å². The number of Topliss-reactive ketones (excluding diaryl/α,β-unsaturated/α-hetero) is 1. The number of esters is 1. The van der Waals surface area contributed by atoms with Crippen molar-refractivity contribution in [2.45, 2.75) is 33.8 Å². The van der Waals surface area contributed by atoms with Crippen LogP contribution in [0.15, 0.2) is 30.3 Å². The Hall–Kier alpha value is -1.73. The molecule has 0 aromatic heterocycles. The fourth-order valence-electron chi connectivity index (χ4n) is 2.74. The van der Waals surface area contributed by atoms with Gasteiger partial charge in [-0.3, -0.25) is 9.59 Å². The van der Waals surface area contributed by atoms with Gasteiger partial charge in [-0.25, -0.2) is 12.7 Å². The van der Waals surface area contributed by atoms with Crippen LogP contribution in [0, 0.1) is 17.8 Å². The number of ketones is 1. The van der Waals surface area contributed by atoms with Gasteiger partial charge in [-0.2, -0.15) is 0 Å². The maximum absolute atomic E-state index is 12.7.